The first-order valence-electron chi connectivity index (χ1n) is 6.79. The summed E-state index contributed by atoms with van der Waals surface area (Å²) in [6.45, 7) is 3.41. The van der Waals surface area contributed by atoms with E-state index in [4.69, 9.17) is 11.6 Å². The highest BCUT2D eigenvalue weighted by atomic mass is 35.5. The molecule has 1 rings (SSSR count). The molecule has 0 saturated carbocycles. The maximum absolute atomic E-state index is 12.1. The van der Waals surface area contributed by atoms with Crippen LogP contribution in [0.1, 0.15) is 45.4 Å². The molecule has 0 aromatic heterocycles. The number of carbonyl (C=O) groups excluding carboxylic acids is 2. The number of piperidine rings is 1. The highest BCUT2D eigenvalue weighted by Crippen LogP contribution is 2.10. The number of likely N-dealkylation sites (tertiary alicyclic amines) is 1. The van der Waals surface area contributed by atoms with Gasteiger partial charge in [-0.2, -0.15) is 0 Å². The van der Waals surface area contributed by atoms with Gasteiger partial charge in [0.1, 0.15) is 6.04 Å². The summed E-state index contributed by atoms with van der Waals surface area (Å²) in [7, 11) is 0. The van der Waals surface area contributed by atoms with Crippen molar-refractivity contribution < 1.29 is 9.59 Å². The Morgan fingerprint density at radius 3 is 2.50 bits per heavy atom. The molecule has 1 unspecified atom stereocenters. The largest absolute Gasteiger partial charge is 0.345 e. The Labute approximate surface area is 114 Å². The molecule has 1 atom stereocenters. The molecule has 2 amide bonds. The number of halogens is 1. The Kier molecular flexibility index (Phi) is 7.09. The van der Waals surface area contributed by atoms with E-state index in [-0.39, 0.29) is 11.8 Å². The van der Waals surface area contributed by atoms with E-state index >= 15 is 0 Å². The summed E-state index contributed by atoms with van der Waals surface area (Å²) in [5.74, 6) is 0.564. The lowest BCUT2D eigenvalue weighted by molar-refractivity contribution is -0.136. The number of nitrogens with one attached hydrogen (secondary N) is 1. The van der Waals surface area contributed by atoms with Gasteiger partial charge in [0.25, 0.3) is 0 Å². The predicted molar refractivity (Wildman–Crippen MR) is 72.6 cm³/mol. The van der Waals surface area contributed by atoms with Crippen LogP contribution in [0.2, 0.25) is 0 Å². The van der Waals surface area contributed by atoms with E-state index < -0.39 is 6.04 Å². The van der Waals surface area contributed by atoms with Crippen LogP contribution in [0.5, 0.6) is 0 Å². The molecule has 18 heavy (non-hydrogen) atoms. The van der Waals surface area contributed by atoms with Gasteiger partial charge >= 0.3 is 0 Å². The highest BCUT2D eigenvalue weighted by molar-refractivity contribution is 6.17. The third-order valence-electron chi connectivity index (χ3n) is 3.20. The Morgan fingerprint density at radius 1 is 1.22 bits per heavy atom. The number of alkyl halides is 1. The molecular weight excluding hydrogens is 252 g/mol. The molecular formula is C13H23ClN2O2. The highest BCUT2D eigenvalue weighted by Gasteiger charge is 2.22. The molecule has 0 radical (unpaired) electrons. The van der Waals surface area contributed by atoms with Crippen LogP contribution in [-0.2, 0) is 9.59 Å². The molecule has 1 aliphatic heterocycles. The number of hydrogen-bond donors (Lipinski definition) is 1. The summed E-state index contributed by atoms with van der Waals surface area (Å²) >= 11 is 5.55. The molecule has 0 aromatic carbocycles. The zero-order chi connectivity index (χ0) is 13.4. The van der Waals surface area contributed by atoms with Gasteiger partial charge in [-0.25, -0.2) is 0 Å². The van der Waals surface area contributed by atoms with Crippen molar-refractivity contribution in [2.75, 3.05) is 19.0 Å². The second-order valence-corrected chi connectivity index (χ2v) is 5.20. The van der Waals surface area contributed by atoms with Crippen LogP contribution >= 0.6 is 11.6 Å². The molecule has 104 valence electrons. The molecule has 1 aliphatic rings. The number of nitrogens with zero attached hydrogens (tertiary/aromatic N) is 1. The van der Waals surface area contributed by atoms with Crippen molar-refractivity contribution in [3.63, 3.8) is 0 Å². The normalized spacial score (nSPS) is 17.3. The fourth-order valence-corrected chi connectivity index (χ4v) is 2.33. The standard InChI is InChI=1S/C13H23ClN2O2/c1-11(15-12(17)7-3-4-8-14)13(18)16-9-5-2-6-10-16/h11H,2-10H2,1H3,(H,15,17). The Morgan fingerprint density at radius 2 is 1.89 bits per heavy atom. The summed E-state index contributed by atoms with van der Waals surface area (Å²) in [5, 5.41) is 2.76. The average Bonchev–Trinajstić information content (AvgIpc) is 2.39. The van der Waals surface area contributed by atoms with Crippen molar-refractivity contribution in [3.8, 4) is 0 Å². The number of unbranched alkanes of at least 4 members (excludes halogenated alkanes) is 1. The van der Waals surface area contributed by atoms with Gasteiger partial charge < -0.3 is 10.2 Å². The summed E-state index contributed by atoms with van der Waals surface area (Å²) in [5.41, 5.74) is 0. The number of carbonyl (C=O) groups is 2. The molecule has 4 nitrogen and oxygen atoms in total. The molecule has 1 fully saturated rings. The zero-order valence-corrected chi connectivity index (χ0v) is 11.8. The fourth-order valence-electron chi connectivity index (χ4n) is 2.14. The predicted octanol–water partition coefficient (Wildman–Crippen LogP) is 1.91. The van der Waals surface area contributed by atoms with Crippen LogP contribution in [0.25, 0.3) is 0 Å². The quantitative estimate of drug-likeness (QED) is 0.594. The zero-order valence-electron chi connectivity index (χ0n) is 11.1. The average molecular weight is 275 g/mol. The third kappa shape index (κ3) is 5.25. The minimum atomic E-state index is -0.411. The van der Waals surface area contributed by atoms with Gasteiger partial charge in [0.2, 0.25) is 11.8 Å². The number of hydrogen-bond acceptors (Lipinski definition) is 2. The van der Waals surface area contributed by atoms with Crippen LogP contribution in [-0.4, -0.2) is 41.7 Å². The summed E-state index contributed by atoms with van der Waals surface area (Å²) in [4.78, 5) is 25.5. The molecule has 1 saturated heterocycles. The smallest absolute Gasteiger partial charge is 0.244 e. The van der Waals surface area contributed by atoms with Crippen molar-refractivity contribution in [2.24, 2.45) is 0 Å². The monoisotopic (exact) mass is 274 g/mol. The number of rotatable bonds is 6. The second kappa shape index (κ2) is 8.35. The summed E-state index contributed by atoms with van der Waals surface area (Å²) in [6.07, 6.45) is 5.40. The van der Waals surface area contributed by atoms with Crippen LogP contribution in [0.15, 0.2) is 0 Å². The van der Waals surface area contributed by atoms with Gasteiger partial charge in [0.15, 0.2) is 0 Å². The minimum Gasteiger partial charge on any atom is -0.345 e. The van der Waals surface area contributed by atoms with Gasteiger partial charge in [0, 0.05) is 25.4 Å². The van der Waals surface area contributed by atoms with Crippen molar-refractivity contribution in [1.82, 2.24) is 10.2 Å². The Bertz CT molecular complexity index is 278. The molecule has 5 heteroatoms. The van der Waals surface area contributed by atoms with Gasteiger partial charge in [-0.3, -0.25) is 9.59 Å². The van der Waals surface area contributed by atoms with E-state index in [0.717, 1.165) is 38.8 Å². The third-order valence-corrected chi connectivity index (χ3v) is 3.47. The minimum absolute atomic E-state index is 0.0420. The lowest BCUT2D eigenvalue weighted by Crippen LogP contribution is -2.48. The fraction of sp³-hybridized carbons (Fsp3) is 0.846. The lowest BCUT2D eigenvalue weighted by atomic mass is 10.1. The Balaban J connectivity index is 2.27. The van der Waals surface area contributed by atoms with Crippen molar-refractivity contribution >= 4 is 23.4 Å². The first-order chi connectivity index (χ1) is 8.65. The maximum Gasteiger partial charge on any atom is 0.244 e. The van der Waals surface area contributed by atoms with Gasteiger partial charge in [-0.1, -0.05) is 0 Å². The van der Waals surface area contributed by atoms with E-state index in [1.807, 2.05) is 4.90 Å². The number of amides is 2. The van der Waals surface area contributed by atoms with Gasteiger partial charge in [-0.05, 0) is 39.0 Å². The lowest BCUT2D eigenvalue weighted by Gasteiger charge is -2.29. The van der Waals surface area contributed by atoms with Crippen LogP contribution in [0.3, 0.4) is 0 Å². The van der Waals surface area contributed by atoms with Gasteiger partial charge in [-0.15, -0.1) is 11.6 Å². The molecule has 1 heterocycles. The van der Waals surface area contributed by atoms with Gasteiger partial charge in [0.05, 0.1) is 0 Å². The van der Waals surface area contributed by atoms with Crippen LogP contribution < -0.4 is 5.32 Å². The molecule has 0 bridgehead atoms. The second-order valence-electron chi connectivity index (χ2n) is 4.82. The molecule has 0 aromatic rings. The van der Waals surface area contributed by atoms with E-state index in [1.54, 1.807) is 6.92 Å². The Hall–Kier alpha value is -0.770. The van der Waals surface area contributed by atoms with E-state index in [9.17, 15) is 9.59 Å². The maximum atomic E-state index is 12.1. The molecule has 0 aliphatic carbocycles. The van der Waals surface area contributed by atoms with E-state index in [1.165, 1.54) is 6.42 Å². The van der Waals surface area contributed by atoms with Crippen LogP contribution in [0, 0.1) is 0 Å². The molecule has 1 N–H and O–H groups in total. The topological polar surface area (TPSA) is 49.4 Å². The van der Waals surface area contributed by atoms with E-state index in [0.29, 0.717) is 12.3 Å². The van der Waals surface area contributed by atoms with Crippen molar-refractivity contribution in [1.29, 1.82) is 0 Å². The van der Waals surface area contributed by atoms with Crippen molar-refractivity contribution in [3.05, 3.63) is 0 Å². The first kappa shape index (κ1) is 15.3. The SMILES string of the molecule is CC(NC(=O)CCCCCl)C(=O)N1CCCCC1. The summed E-state index contributed by atoms with van der Waals surface area (Å²) in [6, 6.07) is -0.411. The van der Waals surface area contributed by atoms with E-state index in [2.05, 4.69) is 5.32 Å². The van der Waals surface area contributed by atoms with Crippen molar-refractivity contribution in [2.45, 2.75) is 51.5 Å². The molecule has 0 spiro atoms. The summed E-state index contributed by atoms with van der Waals surface area (Å²) < 4.78 is 0. The first-order valence-corrected chi connectivity index (χ1v) is 7.32. The van der Waals surface area contributed by atoms with Crippen LogP contribution in [0.4, 0.5) is 0 Å².